The average molecular weight is 387 g/mol. The molecule has 10 heteroatoms. The van der Waals surface area contributed by atoms with Crippen LogP contribution in [0.1, 0.15) is 26.3 Å². The zero-order valence-corrected chi connectivity index (χ0v) is 15.1. The summed E-state index contributed by atoms with van der Waals surface area (Å²) in [5.41, 5.74) is -2.55. The van der Waals surface area contributed by atoms with Crippen molar-refractivity contribution >= 4 is 33.2 Å². The fraction of sp³-hybridized carbons (Fsp3) is 0.500. The molecule has 0 radical (unpaired) electrons. The van der Waals surface area contributed by atoms with Crippen LogP contribution >= 0.6 is 11.6 Å². The van der Waals surface area contributed by atoms with Crippen molar-refractivity contribution in [1.82, 2.24) is 5.32 Å². The Bertz CT molecular complexity index is 728. The van der Waals surface area contributed by atoms with E-state index in [2.05, 4.69) is 5.32 Å². The second-order valence-electron chi connectivity index (χ2n) is 6.23. The van der Waals surface area contributed by atoms with E-state index in [0.29, 0.717) is 10.4 Å². The molecular weight excluding hydrogens is 369 g/mol. The first-order valence-electron chi connectivity index (χ1n) is 6.77. The van der Waals surface area contributed by atoms with Crippen molar-refractivity contribution in [2.45, 2.75) is 32.5 Å². The molecule has 1 amide bonds. The van der Waals surface area contributed by atoms with Crippen LogP contribution in [0.5, 0.6) is 0 Å². The molecule has 0 spiro atoms. The summed E-state index contributed by atoms with van der Waals surface area (Å²) in [5.74, 6) is -0.726. The molecule has 136 valence electrons. The van der Waals surface area contributed by atoms with Crippen molar-refractivity contribution in [2.24, 2.45) is 0 Å². The SMILES string of the molecule is CC(C)(C)NC(=O)CN(c1ccc(Cl)cc1C(F)(F)F)S(C)(=O)=O. The monoisotopic (exact) mass is 386 g/mol. The van der Waals surface area contributed by atoms with E-state index in [1.807, 2.05) is 0 Å². The zero-order valence-electron chi connectivity index (χ0n) is 13.5. The second-order valence-corrected chi connectivity index (χ2v) is 8.57. The predicted molar refractivity (Wildman–Crippen MR) is 86.5 cm³/mol. The smallest absolute Gasteiger partial charge is 0.350 e. The highest BCUT2D eigenvalue weighted by Gasteiger charge is 2.37. The van der Waals surface area contributed by atoms with Gasteiger partial charge in [0.25, 0.3) is 0 Å². The summed E-state index contributed by atoms with van der Waals surface area (Å²) in [5, 5.41) is 2.31. The van der Waals surface area contributed by atoms with Crippen LogP contribution in [0.3, 0.4) is 0 Å². The van der Waals surface area contributed by atoms with Crippen molar-refractivity contribution in [3.05, 3.63) is 28.8 Å². The maximum absolute atomic E-state index is 13.2. The van der Waals surface area contributed by atoms with Crippen LogP contribution in [0.2, 0.25) is 5.02 Å². The van der Waals surface area contributed by atoms with E-state index in [0.717, 1.165) is 18.4 Å². The lowest BCUT2D eigenvalue weighted by molar-refractivity contribution is -0.137. The minimum Gasteiger partial charge on any atom is -0.350 e. The third kappa shape index (κ3) is 5.86. The Kier molecular flexibility index (Phi) is 5.82. The maximum Gasteiger partial charge on any atom is 0.418 e. The fourth-order valence-electron chi connectivity index (χ4n) is 1.92. The van der Waals surface area contributed by atoms with E-state index in [1.165, 1.54) is 0 Å². The van der Waals surface area contributed by atoms with Crippen LogP contribution in [-0.4, -0.2) is 32.7 Å². The predicted octanol–water partition coefficient (Wildman–Crippen LogP) is 3.04. The summed E-state index contributed by atoms with van der Waals surface area (Å²) < 4.78 is 63.9. The normalized spacial score (nSPS) is 12.8. The van der Waals surface area contributed by atoms with E-state index in [9.17, 15) is 26.4 Å². The van der Waals surface area contributed by atoms with Gasteiger partial charge in [0.2, 0.25) is 15.9 Å². The van der Waals surface area contributed by atoms with Crippen LogP contribution in [0.4, 0.5) is 18.9 Å². The molecular formula is C14H18ClF3N2O3S. The summed E-state index contributed by atoms with van der Waals surface area (Å²) in [4.78, 5) is 12.0. The molecule has 0 fully saturated rings. The number of alkyl halides is 3. The van der Waals surface area contributed by atoms with E-state index in [1.54, 1.807) is 20.8 Å². The molecule has 0 saturated heterocycles. The highest BCUT2D eigenvalue weighted by atomic mass is 35.5. The molecule has 0 bridgehead atoms. The molecule has 24 heavy (non-hydrogen) atoms. The van der Waals surface area contributed by atoms with E-state index in [4.69, 9.17) is 11.6 Å². The molecule has 5 nitrogen and oxygen atoms in total. The number of hydrogen-bond donors (Lipinski definition) is 1. The van der Waals surface area contributed by atoms with Crippen LogP contribution < -0.4 is 9.62 Å². The maximum atomic E-state index is 13.2. The minimum absolute atomic E-state index is 0.196. The Balaban J connectivity index is 3.37. The summed E-state index contributed by atoms with van der Waals surface area (Å²) >= 11 is 5.59. The quantitative estimate of drug-likeness (QED) is 0.864. The fourth-order valence-corrected chi connectivity index (χ4v) is 2.96. The average Bonchev–Trinajstić information content (AvgIpc) is 2.31. The number of nitrogens with one attached hydrogen (secondary N) is 1. The van der Waals surface area contributed by atoms with Crippen molar-refractivity contribution < 1.29 is 26.4 Å². The van der Waals surface area contributed by atoms with Crippen molar-refractivity contribution in [3.63, 3.8) is 0 Å². The Morgan fingerprint density at radius 2 is 1.79 bits per heavy atom. The van der Waals surface area contributed by atoms with Crippen molar-refractivity contribution in [2.75, 3.05) is 17.1 Å². The molecule has 1 rings (SSSR count). The van der Waals surface area contributed by atoms with Gasteiger partial charge in [-0.15, -0.1) is 0 Å². The first-order valence-corrected chi connectivity index (χ1v) is 8.99. The third-order valence-electron chi connectivity index (χ3n) is 2.73. The van der Waals surface area contributed by atoms with Crippen molar-refractivity contribution in [3.8, 4) is 0 Å². The molecule has 1 N–H and O–H groups in total. The lowest BCUT2D eigenvalue weighted by Crippen LogP contribution is -2.47. The Hall–Kier alpha value is -1.48. The number of hydrogen-bond acceptors (Lipinski definition) is 3. The second kappa shape index (κ2) is 6.79. The Morgan fingerprint density at radius 3 is 2.21 bits per heavy atom. The minimum atomic E-state index is -4.83. The summed E-state index contributed by atoms with van der Waals surface area (Å²) in [6, 6.07) is 2.68. The summed E-state index contributed by atoms with van der Waals surface area (Å²) in [7, 11) is -4.13. The number of nitrogens with zero attached hydrogens (tertiary/aromatic N) is 1. The zero-order chi connectivity index (χ0) is 18.9. The molecule has 0 aromatic heterocycles. The molecule has 0 aliphatic carbocycles. The van der Waals surface area contributed by atoms with Gasteiger partial charge in [0, 0.05) is 10.6 Å². The van der Waals surface area contributed by atoms with Crippen LogP contribution in [0.15, 0.2) is 18.2 Å². The lowest BCUT2D eigenvalue weighted by atomic mass is 10.1. The van der Waals surface area contributed by atoms with Gasteiger partial charge in [-0.3, -0.25) is 9.10 Å². The van der Waals surface area contributed by atoms with Gasteiger partial charge in [-0.2, -0.15) is 13.2 Å². The van der Waals surface area contributed by atoms with Gasteiger partial charge in [0.15, 0.2) is 0 Å². The molecule has 0 aliphatic rings. The largest absolute Gasteiger partial charge is 0.418 e. The number of sulfonamides is 1. The van der Waals surface area contributed by atoms with Gasteiger partial charge in [0.1, 0.15) is 6.54 Å². The van der Waals surface area contributed by atoms with Gasteiger partial charge < -0.3 is 5.32 Å². The number of rotatable bonds is 4. The van der Waals surface area contributed by atoms with Crippen LogP contribution in [0.25, 0.3) is 0 Å². The van der Waals surface area contributed by atoms with Gasteiger partial charge in [-0.25, -0.2) is 8.42 Å². The Labute approximate surface area is 143 Å². The van der Waals surface area contributed by atoms with Crippen LogP contribution in [-0.2, 0) is 21.0 Å². The first-order chi connectivity index (χ1) is 10.6. The summed E-state index contributed by atoms with van der Waals surface area (Å²) in [6.07, 6.45) is -4.10. The number of carbonyl (C=O) groups excluding carboxylic acids is 1. The van der Waals surface area contributed by atoms with Gasteiger partial charge in [0.05, 0.1) is 17.5 Å². The number of halogens is 4. The molecule has 0 saturated carbocycles. The number of amides is 1. The number of carbonyl (C=O) groups is 1. The highest BCUT2D eigenvalue weighted by molar-refractivity contribution is 7.92. The first kappa shape index (κ1) is 20.6. The number of benzene rings is 1. The Morgan fingerprint density at radius 1 is 1.25 bits per heavy atom. The molecule has 0 unspecified atom stereocenters. The lowest BCUT2D eigenvalue weighted by Gasteiger charge is -2.27. The standard InChI is InChI=1S/C14H18ClF3N2O3S/c1-13(2,3)19-12(21)8-20(24(4,22)23)11-6-5-9(15)7-10(11)14(16,17)18/h5-7H,8H2,1-4H3,(H,19,21). The topological polar surface area (TPSA) is 66.5 Å². The van der Waals surface area contributed by atoms with Gasteiger partial charge in [-0.1, -0.05) is 11.6 Å². The van der Waals surface area contributed by atoms with E-state index >= 15 is 0 Å². The molecule has 0 aliphatic heterocycles. The third-order valence-corrected chi connectivity index (χ3v) is 4.10. The van der Waals surface area contributed by atoms with E-state index < -0.39 is 45.4 Å². The van der Waals surface area contributed by atoms with Gasteiger partial charge in [-0.05, 0) is 39.0 Å². The van der Waals surface area contributed by atoms with E-state index in [-0.39, 0.29) is 5.02 Å². The number of anilines is 1. The van der Waals surface area contributed by atoms with Crippen molar-refractivity contribution in [1.29, 1.82) is 0 Å². The molecule has 1 aromatic carbocycles. The molecule has 0 atom stereocenters. The molecule has 1 aromatic rings. The highest BCUT2D eigenvalue weighted by Crippen LogP contribution is 2.38. The van der Waals surface area contributed by atoms with Gasteiger partial charge >= 0.3 is 6.18 Å². The molecule has 0 heterocycles. The summed E-state index contributed by atoms with van der Waals surface area (Å²) in [6.45, 7) is 4.22. The van der Waals surface area contributed by atoms with Crippen LogP contribution in [0, 0.1) is 0 Å².